The van der Waals surface area contributed by atoms with Gasteiger partial charge in [-0.1, -0.05) is 30.4 Å². The summed E-state index contributed by atoms with van der Waals surface area (Å²) in [7, 11) is 1.56. The van der Waals surface area contributed by atoms with Crippen molar-refractivity contribution in [3.63, 3.8) is 0 Å². The normalized spacial score (nSPS) is 24.4. The number of allylic oxidation sites excluding steroid dienone is 4. The van der Waals surface area contributed by atoms with Gasteiger partial charge in [0.25, 0.3) is 5.91 Å². The summed E-state index contributed by atoms with van der Waals surface area (Å²) in [6.45, 7) is 0.374. The van der Waals surface area contributed by atoms with Crippen molar-refractivity contribution in [1.82, 2.24) is 25.8 Å². The van der Waals surface area contributed by atoms with Crippen LogP contribution in [0.15, 0.2) is 48.6 Å². The van der Waals surface area contributed by atoms with Crippen LogP contribution >= 0.6 is 0 Å². The smallest absolute Gasteiger partial charge is 0.317 e. The molecular weight excluding hydrogens is 552 g/mol. The van der Waals surface area contributed by atoms with Gasteiger partial charge in [-0.2, -0.15) is 5.26 Å². The molecule has 0 radical (unpaired) electrons. The van der Waals surface area contributed by atoms with E-state index < -0.39 is 42.5 Å². The molecule has 2 fully saturated rings. The third kappa shape index (κ3) is 6.57. The van der Waals surface area contributed by atoms with Crippen molar-refractivity contribution in [3.8, 4) is 11.8 Å². The Hall–Kier alpha value is -4.63. The molecule has 12 heteroatoms. The highest BCUT2D eigenvalue weighted by atomic mass is 16.5. The largest absolute Gasteiger partial charge is 0.496 e. The molecule has 0 saturated carbocycles. The highest BCUT2D eigenvalue weighted by Gasteiger charge is 2.44. The number of nitrogens with one attached hydrogen (secondary N) is 4. The molecule has 2 aromatic rings. The van der Waals surface area contributed by atoms with Crippen LogP contribution in [0.4, 0.5) is 0 Å². The summed E-state index contributed by atoms with van der Waals surface area (Å²) < 4.78 is 5.45. The number of carboxylic acid groups (broad SMARTS) is 1. The van der Waals surface area contributed by atoms with Crippen molar-refractivity contribution in [1.29, 1.82) is 5.26 Å². The number of benzene rings is 1. The van der Waals surface area contributed by atoms with Gasteiger partial charge in [0.2, 0.25) is 11.8 Å². The monoisotopic (exact) mass is 588 g/mol. The highest BCUT2D eigenvalue weighted by molar-refractivity contribution is 6.01. The number of carbonyl (C=O) groups excluding carboxylic acids is 3. The van der Waals surface area contributed by atoms with Gasteiger partial charge in [0.15, 0.2) is 0 Å². The van der Waals surface area contributed by atoms with Gasteiger partial charge >= 0.3 is 5.97 Å². The van der Waals surface area contributed by atoms with Crippen molar-refractivity contribution in [2.75, 3.05) is 26.7 Å². The maximum Gasteiger partial charge on any atom is 0.317 e. The molecule has 12 nitrogen and oxygen atoms in total. The second kappa shape index (κ2) is 13.1. The van der Waals surface area contributed by atoms with Crippen LogP contribution in [0.25, 0.3) is 10.9 Å². The number of carboxylic acids is 1. The number of fused-ring (bicyclic) bond motifs is 1. The molecule has 3 amide bonds. The first-order valence-electron chi connectivity index (χ1n) is 14.5. The van der Waals surface area contributed by atoms with E-state index in [1.54, 1.807) is 18.1 Å². The lowest BCUT2D eigenvalue weighted by atomic mass is 9.85. The number of rotatable bonds is 11. The summed E-state index contributed by atoms with van der Waals surface area (Å²) >= 11 is 0. The van der Waals surface area contributed by atoms with Crippen LogP contribution in [0.5, 0.6) is 5.75 Å². The van der Waals surface area contributed by atoms with E-state index in [4.69, 9.17) is 4.74 Å². The number of carbonyl (C=O) groups is 4. The van der Waals surface area contributed by atoms with Gasteiger partial charge in [0.1, 0.15) is 23.5 Å². The quantitative estimate of drug-likeness (QED) is 0.263. The third-order valence-electron chi connectivity index (χ3n) is 8.63. The first kappa shape index (κ1) is 29.8. The van der Waals surface area contributed by atoms with E-state index in [0.29, 0.717) is 37.4 Å². The first-order chi connectivity index (χ1) is 20.8. The summed E-state index contributed by atoms with van der Waals surface area (Å²) in [5, 5.41) is 28.2. The number of hydrogen-bond donors (Lipinski definition) is 5. The predicted molar refractivity (Wildman–Crippen MR) is 157 cm³/mol. The molecule has 2 saturated heterocycles. The number of hydrogen-bond acceptors (Lipinski definition) is 7. The molecule has 226 valence electrons. The number of aliphatic carboxylic acids is 1. The van der Waals surface area contributed by atoms with Crippen molar-refractivity contribution in [2.45, 2.75) is 43.8 Å². The molecule has 5 N–H and O–H groups in total. The number of nitrogens with zero attached hydrogens (tertiary/aromatic N) is 2. The number of methoxy groups -OCH3 is 1. The zero-order valence-corrected chi connectivity index (χ0v) is 23.9. The van der Waals surface area contributed by atoms with E-state index in [1.807, 2.05) is 30.4 Å². The Morgan fingerprint density at radius 2 is 2.12 bits per heavy atom. The number of aromatic amines is 1. The van der Waals surface area contributed by atoms with E-state index in [0.717, 1.165) is 17.3 Å². The van der Waals surface area contributed by atoms with Gasteiger partial charge in [-0.15, -0.1) is 0 Å². The SMILES string of the molecule is COc1cccc2[nH]c(C(=O)N3C[C@H](C4C=CC=CC4)C[C@H]3C(=O)N[C@@H](C[C@@H]3CCNC3=O)C(C#N)NCC(=O)O)cc12. The van der Waals surface area contributed by atoms with Crippen LogP contribution in [0, 0.1) is 29.1 Å². The first-order valence-corrected chi connectivity index (χ1v) is 14.5. The molecule has 0 spiro atoms. The molecule has 2 aliphatic heterocycles. The minimum atomic E-state index is -1.15. The van der Waals surface area contributed by atoms with E-state index >= 15 is 0 Å². The van der Waals surface area contributed by atoms with Crippen LogP contribution in [-0.4, -0.2) is 83.6 Å². The standard InChI is InChI=1S/C31H36N6O6/c1-43-27-9-5-8-22-21(27)14-24(35-22)31(42)37-17-20(18-6-3-2-4-7-18)13-26(37)30(41)36-23(12-19-10-11-33-29(19)40)25(15-32)34-16-28(38)39/h2-6,8-9,14,18-20,23,25-26,34-35H,7,10-13,16-17H2,1H3,(H,33,40)(H,36,41)(H,38,39)/t18?,19-,20+,23-,25?,26-/m0/s1. The van der Waals surface area contributed by atoms with Crippen molar-refractivity contribution in [2.24, 2.45) is 17.8 Å². The Kier molecular flexibility index (Phi) is 9.11. The molecule has 2 unspecified atom stereocenters. The van der Waals surface area contributed by atoms with E-state index in [2.05, 4.69) is 39.2 Å². The Morgan fingerprint density at radius 1 is 1.28 bits per heavy atom. The fraction of sp³-hybridized carbons (Fsp3) is 0.452. The summed E-state index contributed by atoms with van der Waals surface area (Å²) in [5.41, 5.74) is 1.06. The van der Waals surface area contributed by atoms with E-state index in [-0.39, 0.29) is 30.1 Å². The summed E-state index contributed by atoms with van der Waals surface area (Å²) in [6, 6.07) is 6.53. The van der Waals surface area contributed by atoms with Crippen LogP contribution in [0.2, 0.25) is 0 Å². The zero-order chi connectivity index (χ0) is 30.5. The average molecular weight is 589 g/mol. The zero-order valence-electron chi connectivity index (χ0n) is 23.9. The minimum Gasteiger partial charge on any atom is -0.496 e. The second-order valence-electron chi connectivity index (χ2n) is 11.3. The summed E-state index contributed by atoms with van der Waals surface area (Å²) in [6.07, 6.45) is 10.1. The van der Waals surface area contributed by atoms with Gasteiger partial charge in [0, 0.05) is 29.9 Å². The number of aromatic nitrogens is 1. The molecule has 1 aliphatic carbocycles. The Balaban J connectivity index is 1.42. The van der Waals surface area contributed by atoms with Crippen molar-refractivity contribution >= 4 is 34.6 Å². The molecule has 0 bridgehead atoms. The molecule has 1 aromatic heterocycles. The maximum atomic E-state index is 14.0. The number of ether oxygens (including phenoxy) is 1. The van der Waals surface area contributed by atoms with Crippen molar-refractivity contribution < 1.29 is 29.0 Å². The molecule has 5 rings (SSSR count). The number of H-pyrrole nitrogens is 1. The van der Waals surface area contributed by atoms with Crippen LogP contribution in [0.1, 0.15) is 36.2 Å². The summed E-state index contributed by atoms with van der Waals surface area (Å²) in [5.74, 6) is -1.72. The second-order valence-corrected chi connectivity index (χ2v) is 11.3. The Bertz CT molecular complexity index is 1490. The van der Waals surface area contributed by atoms with Gasteiger partial charge in [-0.25, -0.2) is 0 Å². The molecule has 3 heterocycles. The van der Waals surface area contributed by atoms with Gasteiger partial charge in [-0.05, 0) is 55.7 Å². The lowest BCUT2D eigenvalue weighted by Crippen LogP contribution is -2.55. The maximum absolute atomic E-state index is 14.0. The lowest BCUT2D eigenvalue weighted by molar-refractivity contribution is -0.136. The number of nitriles is 1. The Morgan fingerprint density at radius 3 is 2.79 bits per heavy atom. The fourth-order valence-electron chi connectivity index (χ4n) is 6.39. The number of likely N-dealkylation sites (tertiary alicyclic amines) is 1. The topological polar surface area (TPSA) is 177 Å². The summed E-state index contributed by atoms with van der Waals surface area (Å²) in [4.78, 5) is 56.3. The van der Waals surface area contributed by atoms with Crippen molar-refractivity contribution in [3.05, 3.63) is 54.3 Å². The fourth-order valence-corrected chi connectivity index (χ4v) is 6.39. The predicted octanol–water partition coefficient (Wildman–Crippen LogP) is 1.72. The third-order valence-corrected chi connectivity index (χ3v) is 8.63. The van der Waals surface area contributed by atoms with Gasteiger partial charge in [-0.3, -0.25) is 24.5 Å². The molecule has 1 aromatic carbocycles. The molecule has 3 aliphatic rings. The lowest BCUT2D eigenvalue weighted by Gasteiger charge is -2.29. The highest BCUT2D eigenvalue weighted by Crippen LogP contribution is 2.35. The molecular formula is C31H36N6O6. The average Bonchev–Trinajstić information content (AvgIpc) is 3.75. The van der Waals surface area contributed by atoms with E-state index in [1.165, 1.54) is 0 Å². The molecule has 43 heavy (non-hydrogen) atoms. The Labute approximate surface area is 249 Å². The number of amides is 3. The van der Waals surface area contributed by atoms with Crippen LogP contribution in [0.3, 0.4) is 0 Å². The van der Waals surface area contributed by atoms with Crippen LogP contribution < -0.4 is 20.7 Å². The van der Waals surface area contributed by atoms with Crippen LogP contribution in [-0.2, 0) is 14.4 Å². The van der Waals surface area contributed by atoms with Gasteiger partial charge < -0.3 is 30.4 Å². The molecule has 6 atom stereocenters. The van der Waals surface area contributed by atoms with E-state index in [9.17, 15) is 29.5 Å². The minimum absolute atomic E-state index is 0.0239. The van der Waals surface area contributed by atoms with Gasteiger partial charge in [0.05, 0.1) is 25.8 Å².